The Morgan fingerprint density at radius 3 is 2.42 bits per heavy atom. The molecule has 0 aromatic carbocycles. The van der Waals surface area contributed by atoms with E-state index >= 15 is 0 Å². The molecule has 0 bridgehead atoms. The number of hydrogen-bond acceptors (Lipinski definition) is 8. The average Bonchev–Trinajstić information content (AvgIpc) is 2.59. The Morgan fingerprint density at radius 2 is 1.75 bits per heavy atom. The lowest BCUT2D eigenvalue weighted by atomic mass is 10.2. The van der Waals surface area contributed by atoms with Gasteiger partial charge in [-0.05, 0) is 19.3 Å². The molecule has 0 aliphatic rings. The summed E-state index contributed by atoms with van der Waals surface area (Å²) in [5.74, 6) is -0.961. The van der Waals surface area contributed by atoms with E-state index in [-0.39, 0.29) is 32.2 Å². The van der Waals surface area contributed by atoms with Gasteiger partial charge in [-0.2, -0.15) is 0 Å². The zero-order valence-corrected chi connectivity index (χ0v) is 14.1. The molecule has 2 N–H and O–H groups in total. The number of esters is 2. The number of carbonyl (C=O) groups excluding carboxylic acids is 2. The molecule has 0 amide bonds. The van der Waals surface area contributed by atoms with Crippen molar-refractivity contribution < 1.29 is 38.7 Å². The molecule has 8 heteroatoms. The molecule has 0 aromatic rings. The van der Waals surface area contributed by atoms with Gasteiger partial charge in [-0.25, -0.2) is 4.79 Å². The summed E-state index contributed by atoms with van der Waals surface area (Å²) >= 11 is 0. The topological polar surface area (TPSA) is 112 Å². The largest absolute Gasteiger partial charge is 0.460 e. The van der Waals surface area contributed by atoms with Gasteiger partial charge in [-0.1, -0.05) is 13.5 Å². The molecule has 0 aromatic heterocycles. The Balaban J connectivity index is 3.37. The van der Waals surface area contributed by atoms with Crippen LogP contribution in [0.1, 0.15) is 32.6 Å². The van der Waals surface area contributed by atoms with E-state index in [0.717, 1.165) is 25.3 Å². The fourth-order valence-corrected chi connectivity index (χ4v) is 1.52. The third kappa shape index (κ3) is 14.1. The number of rotatable bonds is 15. The minimum absolute atomic E-state index is 0.0857. The summed E-state index contributed by atoms with van der Waals surface area (Å²) < 4.78 is 19.7. The van der Waals surface area contributed by atoms with E-state index in [0.29, 0.717) is 13.2 Å². The van der Waals surface area contributed by atoms with E-state index in [2.05, 4.69) is 11.3 Å². The van der Waals surface area contributed by atoms with Crippen LogP contribution in [0.5, 0.6) is 0 Å². The van der Waals surface area contributed by atoms with Crippen molar-refractivity contribution in [3.8, 4) is 0 Å². The quantitative estimate of drug-likeness (QED) is 0.191. The third-order valence-corrected chi connectivity index (χ3v) is 2.81. The predicted octanol–water partition coefficient (Wildman–Crippen LogP) is 0.552. The second kappa shape index (κ2) is 15.1. The van der Waals surface area contributed by atoms with Crippen molar-refractivity contribution in [3.05, 3.63) is 12.7 Å². The van der Waals surface area contributed by atoms with Crippen molar-refractivity contribution in [3.63, 3.8) is 0 Å². The smallest absolute Gasteiger partial charge is 0.330 e. The first-order valence-corrected chi connectivity index (χ1v) is 7.99. The van der Waals surface area contributed by atoms with E-state index in [1.165, 1.54) is 0 Å². The van der Waals surface area contributed by atoms with Crippen LogP contribution in [0, 0.1) is 0 Å². The van der Waals surface area contributed by atoms with Gasteiger partial charge < -0.3 is 29.2 Å². The SMILES string of the molecule is C=CC(=O)OCC(O)COCCCCCOC(O)COC(=O)CC. The molecule has 0 radical (unpaired) electrons. The van der Waals surface area contributed by atoms with E-state index < -0.39 is 18.4 Å². The Labute approximate surface area is 142 Å². The Morgan fingerprint density at radius 1 is 1.04 bits per heavy atom. The lowest BCUT2D eigenvalue weighted by Crippen LogP contribution is -2.23. The van der Waals surface area contributed by atoms with E-state index in [1.54, 1.807) is 6.92 Å². The van der Waals surface area contributed by atoms with E-state index in [4.69, 9.17) is 14.2 Å². The fourth-order valence-electron chi connectivity index (χ4n) is 1.52. The highest BCUT2D eigenvalue weighted by Crippen LogP contribution is 2.00. The standard InChI is InChI=1S/C16H28O8/c1-3-14(18)23-11-13(17)10-21-8-6-5-7-9-22-16(20)12-24-15(19)4-2/h3,13,16-17,20H,1,4-12H2,2H3. The molecule has 0 fully saturated rings. The second-order valence-electron chi connectivity index (χ2n) is 4.99. The van der Waals surface area contributed by atoms with Crippen molar-refractivity contribution in [2.75, 3.05) is 33.0 Å². The van der Waals surface area contributed by atoms with Crippen LogP contribution in [-0.2, 0) is 28.5 Å². The van der Waals surface area contributed by atoms with Crippen molar-refractivity contribution in [1.82, 2.24) is 0 Å². The molecule has 0 heterocycles. The van der Waals surface area contributed by atoms with E-state index in [1.807, 2.05) is 0 Å². The van der Waals surface area contributed by atoms with Gasteiger partial charge >= 0.3 is 11.9 Å². The summed E-state index contributed by atoms with van der Waals surface area (Å²) in [7, 11) is 0. The molecule has 140 valence electrons. The molecular formula is C16H28O8. The van der Waals surface area contributed by atoms with Gasteiger partial charge in [-0.15, -0.1) is 0 Å². The highest BCUT2D eigenvalue weighted by molar-refractivity contribution is 5.81. The van der Waals surface area contributed by atoms with Crippen LogP contribution in [0.25, 0.3) is 0 Å². The van der Waals surface area contributed by atoms with Gasteiger partial charge in [0, 0.05) is 25.7 Å². The summed E-state index contributed by atoms with van der Waals surface area (Å²) in [5, 5.41) is 18.9. The maximum Gasteiger partial charge on any atom is 0.330 e. The van der Waals surface area contributed by atoms with Gasteiger partial charge in [0.05, 0.1) is 6.61 Å². The van der Waals surface area contributed by atoms with Gasteiger partial charge in [0.15, 0.2) is 6.29 Å². The summed E-state index contributed by atoms with van der Waals surface area (Å²) in [5.41, 5.74) is 0. The lowest BCUT2D eigenvalue weighted by Gasteiger charge is -2.12. The summed E-state index contributed by atoms with van der Waals surface area (Å²) in [6.07, 6.45) is 1.63. The minimum atomic E-state index is -1.11. The Bertz CT molecular complexity index is 358. The first-order valence-electron chi connectivity index (χ1n) is 7.99. The molecule has 2 unspecified atom stereocenters. The Kier molecular flexibility index (Phi) is 14.1. The van der Waals surface area contributed by atoms with Gasteiger partial charge in [-0.3, -0.25) is 4.79 Å². The number of unbranched alkanes of at least 4 members (excludes halogenated alkanes) is 2. The Hall–Kier alpha value is -1.48. The molecule has 0 aliphatic carbocycles. The molecular weight excluding hydrogens is 320 g/mol. The van der Waals surface area contributed by atoms with Gasteiger partial charge in [0.1, 0.15) is 19.3 Å². The van der Waals surface area contributed by atoms with Crippen LogP contribution in [-0.4, -0.2) is 67.6 Å². The monoisotopic (exact) mass is 348 g/mol. The predicted molar refractivity (Wildman–Crippen MR) is 85.0 cm³/mol. The van der Waals surface area contributed by atoms with E-state index in [9.17, 15) is 19.8 Å². The van der Waals surface area contributed by atoms with Crippen LogP contribution in [0.3, 0.4) is 0 Å². The maximum absolute atomic E-state index is 10.9. The van der Waals surface area contributed by atoms with Crippen LogP contribution >= 0.6 is 0 Å². The molecule has 2 atom stereocenters. The number of ether oxygens (including phenoxy) is 4. The summed E-state index contributed by atoms with van der Waals surface area (Å²) in [6.45, 7) is 5.53. The fraction of sp³-hybridized carbons (Fsp3) is 0.750. The molecule has 0 saturated carbocycles. The number of carbonyl (C=O) groups is 2. The number of hydrogen-bond donors (Lipinski definition) is 2. The van der Waals surface area contributed by atoms with Gasteiger partial charge in [0.2, 0.25) is 0 Å². The van der Waals surface area contributed by atoms with Gasteiger partial charge in [0.25, 0.3) is 0 Å². The molecule has 0 rings (SSSR count). The van der Waals surface area contributed by atoms with Crippen molar-refractivity contribution in [2.45, 2.75) is 45.0 Å². The molecule has 24 heavy (non-hydrogen) atoms. The van der Waals surface area contributed by atoms with Crippen molar-refractivity contribution in [1.29, 1.82) is 0 Å². The zero-order valence-electron chi connectivity index (χ0n) is 14.1. The van der Waals surface area contributed by atoms with Crippen LogP contribution in [0.4, 0.5) is 0 Å². The molecule has 8 nitrogen and oxygen atoms in total. The molecule has 0 saturated heterocycles. The molecule has 0 aliphatic heterocycles. The van der Waals surface area contributed by atoms with Crippen LogP contribution in [0.2, 0.25) is 0 Å². The average molecular weight is 348 g/mol. The highest BCUT2D eigenvalue weighted by atomic mass is 16.6. The summed E-state index contributed by atoms with van der Waals surface area (Å²) in [4.78, 5) is 21.7. The van der Waals surface area contributed by atoms with Crippen LogP contribution < -0.4 is 0 Å². The number of aliphatic hydroxyl groups is 2. The van der Waals surface area contributed by atoms with Crippen molar-refractivity contribution >= 4 is 11.9 Å². The second-order valence-corrected chi connectivity index (χ2v) is 4.99. The minimum Gasteiger partial charge on any atom is -0.460 e. The third-order valence-electron chi connectivity index (χ3n) is 2.81. The summed E-state index contributed by atoms with van der Waals surface area (Å²) in [6, 6.07) is 0. The number of aliphatic hydroxyl groups excluding tert-OH is 2. The first-order chi connectivity index (χ1) is 11.5. The molecule has 0 spiro atoms. The highest BCUT2D eigenvalue weighted by Gasteiger charge is 2.08. The maximum atomic E-state index is 10.9. The first kappa shape index (κ1) is 22.5. The van der Waals surface area contributed by atoms with Crippen LogP contribution in [0.15, 0.2) is 12.7 Å². The van der Waals surface area contributed by atoms with Crippen molar-refractivity contribution in [2.24, 2.45) is 0 Å². The zero-order chi connectivity index (χ0) is 18.2. The normalized spacial score (nSPS) is 13.1. The lowest BCUT2D eigenvalue weighted by molar-refractivity contribution is -0.165.